The number of fused-ring (bicyclic) bond motifs is 1. The van der Waals surface area contributed by atoms with Crippen molar-refractivity contribution in [1.82, 2.24) is 5.32 Å². The normalized spacial score (nSPS) is 10.8. The summed E-state index contributed by atoms with van der Waals surface area (Å²) in [7, 11) is 1.57. The van der Waals surface area contributed by atoms with E-state index in [4.69, 9.17) is 18.6 Å². The van der Waals surface area contributed by atoms with Gasteiger partial charge >= 0.3 is 11.6 Å². The van der Waals surface area contributed by atoms with Gasteiger partial charge in [-0.05, 0) is 63.8 Å². The van der Waals surface area contributed by atoms with Gasteiger partial charge in [0.2, 0.25) is 0 Å². The molecule has 9 heteroatoms. The van der Waals surface area contributed by atoms with Crippen LogP contribution in [0, 0.1) is 0 Å². The average molecular weight is 566 g/mol. The molecule has 0 radical (unpaired) electrons. The van der Waals surface area contributed by atoms with Crippen molar-refractivity contribution >= 4 is 38.8 Å². The fourth-order valence-electron chi connectivity index (χ4n) is 3.55. The van der Waals surface area contributed by atoms with Crippen molar-refractivity contribution in [3.05, 3.63) is 93.3 Å². The van der Waals surface area contributed by atoms with Gasteiger partial charge in [0.05, 0.1) is 4.47 Å². The van der Waals surface area contributed by atoms with E-state index < -0.39 is 17.5 Å². The number of carbonyl (C=O) groups is 2. The van der Waals surface area contributed by atoms with E-state index in [0.29, 0.717) is 35.2 Å². The van der Waals surface area contributed by atoms with Gasteiger partial charge in [0.1, 0.15) is 22.6 Å². The highest BCUT2D eigenvalue weighted by Crippen LogP contribution is 2.31. The molecule has 1 N–H and O–H groups in total. The van der Waals surface area contributed by atoms with E-state index in [1.165, 1.54) is 12.1 Å². The van der Waals surface area contributed by atoms with Crippen molar-refractivity contribution in [2.75, 3.05) is 26.9 Å². The van der Waals surface area contributed by atoms with Gasteiger partial charge in [-0.15, -0.1) is 0 Å². The van der Waals surface area contributed by atoms with Crippen LogP contribution in [0.25, 0.3) is 22.1 Å². The number of methoxy groups -OCH3 is 1. The quantitative estimate of drug-likeness (QED) is 0.125. The Kier molecular flexibility index (Phi) is 8.71. The number of rotatable bonds is 10. The van der Waals surface area contributed by atoms with Gasteiger partial charge in [-0.2, -0.15) is 0 Å². The smallest absolute Gasteiger partial charge is 0.349 e. The number of hydrogen-bond donors (Lipinski definition) is 1. The van der Waals surface area contributed by atoms with Gasteiger partial charge in [0, 0.05) is 31.7 Å². The zero-order chi connectivity index (χ0) is 26.2. The first-order valence-electron chi connectivity index (χ1n) is 11.5. The lowest BCUT2D eigenvalue weighted by molar-refractivity contribution is -0.136. The van der Waals surface area contributed by atoms with Crippen LogP contribution < -0.4 is 20.4 Å². The minimum Gasteiger partial charge on any atom is -0.481 e. The van der Waals surface area contributed by atoms with E-state index in [0.717, 1.165) is 11.1 Å². The van der Waals surface area contributed by atoms with E-state index in [1.807, 2.05) is 42.5 Å². The maximum absolute atomic E-state index is 12.4. The molecule has 0 aliphatic heterocycles. The molecule has 1 amide bonds. The summed E-state index contributed by atoms with van der Waals surface area (Å²) < 4.78 is 21.9. The number of esters is 1. The molecule has 0 fully saturated rings. The molecular weight excluding hydrogens is 542 g/mol. The second kappa shape index (κ2) is 12.3. The molecule has 8 nitrogen and oxygen atoms in total. The van der Waals surface area contributed by atoms with Gasteiger partial charge in [0.15, 0.2) is 6.61 Å². The summed E-state index contributed by atoms with van der Waals surface area (Å²) in [5.74, 6) is -0.483. The van der Waals surface area contributed by atoms with Crippen molar-refractivity contribution in [3.8, 4) is 22.6 Å². The predicted molar refractivity (Wildman–Crippen MR) is 142 cm³/mol. The zero-order valence-electron chi connectivity index (χ0n) is 20.0. The fourth-order valence-corrected chi connectivity index (χ4v) is 4.05. The van der Waals surface area contributed by atoms with Crippen LogP contribution in [0.15, 0.2) is 86.5 Å². The van der Waals surface area contributed by atoms with Crippen LogP contribution in [0.3, 0.4) is 0 Å². The summed E-state index contributed by atoms with van der Waals surface area (Å²) in [5.41, 5.74) is 1.37. The van der Waals surface area contributed by atoms with E-state index >= 15 is 0 Å². The third-order valence-corrected chi connectivity index (χ3v) is 6.00. The molecule has 0 unspecified atom stereocenters. The minimum absolute atomic E-state index is 0.105. The lowest BCUT2D eigenvalue weighted by atomic mass is 10.1. The maximum atomic E-state index is 12.4. The predicted octanol–water partition coefficient (Wildman–Crippen LogP) is 4.97. The van der Waals surface area contributed by atoms with E-state index in [2.05, 4.69) is 21.2 Å². The molecule has 3 aromatic carbocycles. The highest BCUT2D eigenvalue weighted by atomic mass is 79.9. The van der Waals surface area contributed by atoms with Crippen LogP contribution in [0.2, 0.25) is 0 Å². The second-order valence-corrected chi connectivity index (χ2v) is 8.88. The number of hydrogen-bond acceptors (Lipinski definition) is 7. The summed E-state index contributed by atoms with van der Waals surface area (Å²) in [6, 6.07) is 21.5. The Labute approximate surface area is 221 Å². The SMILES string of the molecule is COCCCNC(=O)c1cc2ccc(OC(=O)COc3ccc(-c4ccccc4)cc3Br)cc2oc1=O. The van der Waals surface area contributed by atoms with Gasteiger partial charge in [-0.3, -0.25) is 4.79 Å². The highest BCUT2D eigenvalue weighted by Gasteiger charge is 2.15. The Morgan fingerprint density at radius 2 is 1.78 bits per heavy atom. The molecule has 0 aliphatic rings. The van der Waals surface area contributed by atoms with E-state index in [-0.39, 0.29) is 23.5 Å². The zero-order valence-corrected chi connectivity index (χ0v) is 21.6. The summed E-state index contributed by atoms with van der Waals surface area (Å²) >= 11 is 3.48. The van der Waals surface area contributed by atoms with Gasteiger partial charge in [0.25, 0.3) is 5.91 Å². The molecule has 0 saturated carbocycles. The van der Waals surface area contributed by atoms with E-state index in [1.54, 1.807) is 25.3 Å². The van der Waals surface area contributed by atoms with Gasteiger partial charge in [-0.1, -0.05) is 36.4 Å². The average Bonchev–Trinajstić information content (AvgIpc) is 2.90. The number of ether oxygens (including phenoxy) is 3. The molecule has 4 aromatic rings. The molecule has 1 heterocycles. The maximum Gasteiger partial charge on any atom is 0.349 e. The largest absolute Gasteiger partial charge is 0.481 e. The molecule has 0 bridgehead atoms. The van der Waals surface area contributed by atoms with Crippen LogP contribution in [0.1, 0.15) is 16.8 Å². The first-order valence-corrected chi connectivity index (χ1v) is 12.3. The molecule has 0 atom stereocenters. The lowest BCUT2D eigenvalue weighted by Gasteiger charge is -2.10. The van der Waals surface area contributed by atoms with Gasteiger partial charge < -0.3 is 23.9 Å². The Bertz CT molecular complexity index is 1470. The molecule has 4 rings (SSSR count). The minimum atomic E-state index is -0.785. The third-order valence-electron chi connectivity index (χ3n) is 5.38. The lowest BCUT2D eigenvalue weighted by Crippen LogP contribution is -2.29. The molecule has 0 saturated heterocycles. The van der Waals surface area contributed by atoms with Crippen LogP contribution in [0.5, 0.6) is 11.5 Å². The van der Waals surface area contributed by atoms with Crippen LogP contribution in [-0.2, 0) is 9.53 Å². The molecule has 0 spiro atoms. The summed E-state index contributed by atoms with van der Waals surface area (Å²) in [4.78, 5) is 37.0. The van der Waals surface area contributed by atoms with Crippen molar-refractivity contribution in [3.63, 3.8) is 0 Å². The van der Waals surface area contributed by atoms with Crippen molar-refractivity contribution < 1.29 is 28.2 Å². The Balaban J connectivity index is 1.37. The molecule has 1 aromatic heterocycles. The molecular formula is C28H24BrNO7. The highest BCUT2D eigenvalue weighted by molar-refractivity contribution is 9.10. The first-order chi connectivity index (χ1) is 17.9. The molecule has 37 heavy (non-hydrogen) atoms. The fraction of sp³-hybridized carbons (Fsp3) is 0.179. The topological polar surface area (TPSA) is 104 Å². The summed E-state index contributed by atoms with van der Waals surface area (Å²) in [6.07, 6.45) is 0.621. The van der Waals surface area contributed by atoms with Crippen molar-refractivity contribution in [1.29, 1.82) is 0 Å². The van der Waals surface area contributed by atoms with Crippen LogP contribution >= 0.6 is 15.9 Å². The first kappa shape index (κ1) is 26.1. The number of carbonyl (C=O) groups excluding carboxylic acids is 2. The van der Waals surface area contributed by atoms with Crippen LogP contribution in [-0.4, -0.2) is 38.7 Å². The van der Waals surface area contributed by atoms with E-state index in [9.17, 15) is 14.4 Å². The third kappa shape index (κ3) is 6.84. The van der Waals surface area contributed by atoms with Crippen molar-refractivity contribution in [2.24, 2.45) is 0 Å². The van der Waals surface area contributed by atoms with Crippen molar-refractivity contribution in [2.45, 2.75) is 6.42 Å². The Morgan fingerprint density at radius 3 is 2.54 bits per heavy atom. The Morgan fingerprint density at radius 1 is 0.973 bits per heavy atom. The number of amides is 1. The number of nitrogens with one attached hydrogen (secondary N) is 1. The molecule has 0 aliphatic carbocycles. The number of benzene rings is 3. The second-order valence-electron chi connectivity index (χ2n) is 8.02. The summed E-state index contributed by atoms with van der Waals surface area (Å²) in [5, 5.41) is 3.17. The Hall–Kier alpha value is -3.95. The van der Waals surface area contributed by atoms with Crippen LogP contribution in [0.4, 0.5) is 0 Å². The monoisotopic (exact) mass is 565 g/mol. The summed E-state index contributed by atoms with van der Waals surface area (Å²) in [6.45, 7) is 0.541. The standard InChI is InChI=1S/C28H24BrNO7/c1-34-13-5-12-30-27(32)22-14-20-8-10-21(16-25(20)37-28(22)33)36-26(31)17-35-24-11-9-19(15-23(24)29)18-6-3-2-4-7-18/h2-4,6-11,14-16H,5,12-13,17H2,1H3,(H,30,32). The van der Waals surface area contributed by atoms with Gasteiger partial charge in [-0.25, -0.2) is 9.59 Å². The molecule has 190 valence electrons. The number of halogens is 1.